The van der Waals surface area contributed by atoms with Gasteiger partial charge in [-0.15, -0.1) is 0 Å². The minimum absolute atomic E-state index is 0.181. The van der Waals surface area contributed by atoms with Gasteiger partial charge in [0, 0.05) is 0 Å². The highest BCUT2D eigenvalue weighted by Gasteiger charge is 2.50. The number of hydrogen-bond acceptors (Lipinski definition) is 4. The molecule has 1 N–H and O–H groups in total. The highest BCUT2D eigenvalue weighted by Crippen LogP contribution is 2.36. The Morgan fingerprint density at radius 1 is 1.56 bits per heavy atom. The van der Waals surface area contributed by atoms with E-state index in [9.17, 15) is 9.59 Å². The Balaban J connectivity index is 1.84. The van der Waals surface area contributed by atoms with E-state index in [0.29, 0.717) is 19.5 Å². The molecule has 0 aromatic heterocycles. The Bertz CT molecular complexity index is 361. The van der Waals surface area contributed by atoms with Crippen molar-refractivity contribution >= 4 is 12.1 Å². The normalized spacial score (nSPS) is 25.3. The van der Waals surface area contributed by atoms with Crippen LogP contribution in [-0.2, 0) is 14.3 Å². The van der Waals surface area contributed by atoms with Crippen LogP contribution in [0.4, 0.5) is 4.79 Å². The van der Waals surface area contributed by atoms with Crippen molar-refractivity contribution in [1.29, 1.82) is 0 Å². The maximum absolute atomic E-state index is 11.5. The van der Waals surface area contributed by atoms with Crippen LogP contribution in [0.3, 0.4) is 0 Å². The zero-order valence-corrected chi connectivity index (χ0v) is 10.1. The molecule has 1 spiro atoms. The molecule has 0 aromatic rings. The third kappa shape index (κ3) is 2.48. The smallest absolute Gasteiger partial charge is 0.410 e. The molecule has 2 aliphatic rings. The molecule has 0 saturated carbocycles. The number of amides is 1. The Hall–Kier alpha value is -1.56. The number of rotatable bonds is 3. The topological polar surface area (TPSA) is 76.1 Å². The number of carbonyl (C=O) groups is 2. The molecule has 18 heavy (non-hydrogen) atoms. The van der Waals surface area contributed by atoms with E-state index in [1.54, 1.807) is 0 Å². The van der Waals surface area contributed by atoms with Crippen molar-refractivity contribution in [1.82, 2.24) is 4.90 Å². The van der Waals surface area contributed by atoms with Gasteiger partial charge in [0.1, 0.15) is 12.2 Å². The zero-order chi connectivity index (χ0) is 13.2. The Labute approximate surface area is 105 Å². The minimum Gasteiger partial charge on any atom is -0.479 e. The van der Waals surface area contributed by atoms with E-state index >= 15 is 0 Å². The summed E-state index contributed by atoms with van der Waals surface area (Å²) in [4.78, 5) is 23.9. The first kappa shape index (κ1) is 12.9. The van der Waals surface area contributed by atoms with Crippen LogP contribution in [0.15, 0.2) is 12.7 Å². The lowest BCUT2D eigenvalue weighted by molar-refractivity contribution is -0.203. The van der Waals surface area contributed by atoms with E-state index in [1.807, 2.05) is 0 Å². The van der Waals surface area contributed by atoms with Gasteiger partial charge in [0.25, 0.3) is 0 Å². The number of likely N-dealkylation sites (tertiary alicyclic amines) is 1. The van der Waals surface area contributed by atoms with Gasteiger partial charge in [0.15, 0.2) is 6.10 Å². The quantitative estimate of drug-likeness (QED) is 0.762. The second-order valence-electron chi connectivity index (χ2n) is 4.74. The summed E-state index contributed by atoms with van der Waals surface area (Å²) in [6.07, 6.45) is 2.50. The molecule has 2 fully saturated rings. The predicted molar refractivity (Wildman–Crippen MR) is 62.2 cm³/mol. The molecule has 0 aliphatic carbocycles. The second-order valence-corrected chi connectivity index (χ2v) is 4.74. The lowest BCUT2D eigenvalue weighted by Gasteiger charge is -2.51. The van der Waals surface area contributed by atoms with Crippen LogP contribution in [0.5, 0.6) is 0 Å². The summed E-state index contributed by atoms with van der Waals surface area (Å²) in [6.45, 7) is 4.46. The number of carbonyl (C=O) groups excluding carboxylic acids is 1. The summed E-state index contributed by atoms with van der Waals surface area (Å²) in [5, 5.41) is 8.94. The maximum atomic E-state index is 11.5. The number of hydrogen-bond donors (Lipinski definition) is 1. The van der Waals surface area contributed by atoms with Crippen LogP contribution in [0.1, 0.15) is 19.3 Å². The molecule has 1 amide bonds. The maximum Gasteiger partial charge on any atom is 0.410 e. The minimum atomic E-state index is -0.929. The lowest BCUT2D eigenvalue weighted by atomic mass is 9.85. The summed E-state index contributed by atoms with van der Waals surface area (Å²) < 4.78 is 10.5. The fourth-order valence-corrected chi connectivity index (χ4v) is 2.44. The van der Waals surface area contributed by atoms with Crippen LogP contribution in [0, 0.1) is 0 Å². The van der Waals surface area contributed by atoms with Crippen molar-refractivity contribution in [3.63, 3.8) is 0 Å². The lowest BCUT2D eigenvalue weighted by Crippen LogP contribution is -2.67. The van der Waals surface area contributed by atoms with Crippen molar-refractivity contribution in [3.05, 3.63) is 12.7 Å². The first-order valence-corrected chi connectivity index (χ1v) is 5.99. The largest absolute Gasteiger partial charge is 0.479 e. The van der Waals surface area contributed by atoms with Crippen molar-refractivity contribution in [3.8, 4) is 0 Å². The molecule has 100 valence electrons. The monoisotopic (exact) mass is 255 g/mol. The van der Waals surface area contributed by atoms with Crippen LogP contribution in [0.25, 0.3) is 0 Å². The number of aliphatic carboxylic acids is 1. The molecule has 2 saturated heterocycles. The third-order valence-corrected chi connectivity index (χ3v) is 3.31. The molecule has 2 aliphatic heterocycles. The molecule has 0 radical (unpaired) electrons. The van der Waals surface area contributed by atoms with E-state index < -0.39 is 23.8 Å². The van der Waals surface area contributed by atoms with E-state index in [-0.39, 0.29) is 6.61 Å². The average Bonchev–Trinajstić information content (AvgIpc) is 2.33. The first-order valence-electron chi connectivity index (χ1n) is 5.99. The van der Waals surface area contributed by atoms with Gasteiger partial charge in [-0.3, -0.25) is 0 Å². The number of ether oxygens (including phenoxy) is 2. The molecule has 1 unspecified atom stereocenters. The summed E-state index contributed by atoms with van der Waals surface area (Å²) >= 11 is 0. The van der Waals surface area contributed by atoms with Crippen molar-refractivity contribution < 1.29 is 24.2 Å². The van der Waals surface area contributed by atoms with Crippen molar-refractivity contribution in [2.45, 2.75) is 31.0 Å². The van der Waals surface area contributed by atoms with Gasteiger partial charge < -0.3 is 19.5 Å². The SMILES string of the molecule is C=CCOC(=O)N1CC2(CCCC(C(=O)O)O2)C1. The zero-order valence-electron chi connectivity index (χ0n) is 10.1. The summed E-state index contributed by atoms with van der Waals surface area (Å²) in [6, 6.07) is 0. The highest BCUT2D eigenvalue weighted by atomic mass is 16.6. The summed E-state index contributed by atoms with van der Waals surface area (Å²) in [5.41, 5.74) is -0.478. The number of nitrogens with zero attached hydrogens (tertiary/aromatic N) is 1. The van der Waals surface area contributed by atoms with Gasteiger partial charge in [0.05, 0.1) is 13.1 Å². The van der Waals surface area contributed by atoms with Gasteiger partial charge in [-0.25, -0.2) is 9.59 Å². The Morgan fingerprint density at radius 3 is 2.89 bits per heavy atom. The van der Waals surface area contributed by atoms with Gasteiger partial charge in [0.2, 0.25) is 0 Å². The van der Waals surface area contributed by atoms with Crippen LogP contribution < -0.4 is 0 Å². The molecule has 0 bridgehead atoms. The van der Waals surface area contributed by atoms with E-state index in [2.05, 4.69) is 6.58 Å². The highest BCUT2D eigenvalue weighted by molar-refractivity contribution is 5.73. The molecule has 6 heteroatoms. The molecule has 1 atom stereocenters. The third-order valence-electron chi connectivity index (χ3n) is 3.31. The fraction of sp³-hybridized carbons (Fsp3) is 0.667. The Morgan fingerprint density at radius 2 is 2.28 bits per heavy atom. The average molecular weight is 255 g/mol. The van der Waals surface area contributed by atoms with Crippen LogP contribution in [0.2, 0.25) is 0 Å². The van der Waals surface area contributed by atoms with Gasteiger partial charge in [-0.05, 0) is 19.3 Å². The molecule has 2 heterocycles. The number of carboxylic acids is 1. The molecule has 2 rings (SSSR count). The van der Waals surface area contributed by atoms with Crippen molar-refractivity contribution in [2.75, 3.05) is 19.7 Å². The predicted octanol–water partition coefficient (Wildman–Crippen LogP) is 1.02. The first-order chi connectivity index (χ1) is 8.56. The second kappa shape index (κ2) is 4.97. The van der Waals surface area contributed by atoms with E-state index in [1.165, 1.54) is 11.0 Å². The molecular formula is C12H17NO5. The van der Waals surface area contributed by atoms with Crippen molar-refractivity contribution in [2.24, 2.45) is 0 Å². The van der Waals surface area contributed by atoms with Gasteiger partial charge in [-0.1, -0.05) is 12.7 Å². The summed E-state index contributed by atoms with van der Waals surface area (Å²) in [7, 11) is 0. The molecular weight excluding hydrogens is 238 g/mol. The van der Waals surface area contributed by atoms with Crippen LogP contribution >= 0.6 is 0 Å². The molecule has 0 aromatic carbocycles. The Kier molecular flexibility index (Phi) is 3.56. The van der Waals surface area contributed by atoms with Gasteiger partial charge in [-0.2, -0.15) is 0 Å². The van der Waals surface area contributed by atoms with Crippen LogP contribution in [-0.4, -0.2) is 53.5 Å². The van der Waals surface area contributed by atoms with E-state index in [4.69, 9.17) is 14.6 Å². The van der Waals surface area contributed by atoms with E-state index in [0.717, 1.165) is 12.8 Å². The number of carboxylic acid groups (broad SMARTS) is 1. The standard InChI is InChI=1S/C12H17NO5/c1-2-6-17-11(16)13-7-12(8-13)5-3-4-9(18-12)10(14)15/h2,9H,1,3-8H2,(H,14,15). The van der Waals surface area contributed by atoms with Gasteiger partial charge >= 0.3 is 12.1 Å². The molecule has 6 nitrogen and oxygen atoms in total. The summed E-state index contributed by atoms with van der Waals surface area (Å²) in [5.74, 6) is -0.929. The fourth-order valence-electron chi connectivity index (χ4n) is 2.44.